The zero-order chi connectivity index (χ0) is 56.2. The molecular weight excluding hydrogens is 1030 g/mol. The molecule has 3 heterocycles. The van der Waals surface area contributed by atoms with Crippen LogP contribution >= 0.6 is 23.5 Å². The van der Waals surface area contributed by atoms with E-state index in [0.717, 1.165) is 24.0 Å². The van der Waals surface area contributed by atoms with Crippen LogP contribution in [0.3, 0.4) is 0 Å². The van der Waals surface area contributed by atoms with Gasteiger partial charge in [0.2, 0.25) is 41.4 Å². The largest absolute Gasteiger partial charge is 0.481 e. The predicted molar refractivity (Wildman–Crippen MR) is 286 cm³/mol. The van der Waals surface area contributed by atoms with Gasteiger partial charge in [0, 0.05) is 61.8 Å². The monoisotopic (exact) mass is 1110 g/mol. The van der Waals surface area contributed by atoms with Crippen LogP contribution in [-0.2, 0) is 70.7 Å². The van der Waals surface area contributed by atoms with Crippen molar-refractivity contribution in [1.82, 2.24) is 31.1 Å². The Labute approximate surface area is 456 Å². The summed E-state index contributed by atoms with van der Waals surface area (Å²) in [5, 5.41) is 40.1. The van der Waals surface area contributed by atoms with Crippen molar-refractivity contribution in [3.63, 3.8) is 0 Å². The number of fused-ring (bicyclic) bond motifs is 4. The van der Waals surface area contributed by atoms with E-state index in [9.17, 15) is 68.1 Å². The third-order valence-corrected chi connectivity index (χ3v) is 16.2. The smallest absolute Gasteiger partial charge is 0.305 e. The minimum atomic E-state index is -1.73. The van der Waals surface area contributed by atoms with Crippen LogP contribution < -0.4 is 27.0 Å². The van der Waals surface area contributed by atoms with E-state index in [1.54, 1.807) is 30.3 Å². The summed E-state index contributed by atoms with van der Waals surface area (Å²) in [6.07, 6.45) is -0.0646. The molecule has 2 saturated heterocycles. The Bertz CT molecular complexity index is 2450. The number of thioether (sulfide) groups is 2. The summed E-state index contributed by atoms with van der Waals surface area (Å²) in [6.45, 7) is 3.68. The second-order valence-corrected chi connectivity index (χ2v) is 22.1. The maximum atomic E-state index is 14.6. The second kappa shape index (κ2) is 30.6. The SMILES string of the molecule is CCCCCC(=O)C[C@H]1CSCc2cccc(c2)CSC[C@@H](C(=O)N[C@@H](CC(=O)O)C(N)=O)CC(=O)[C@H](Cc2ccccc2)NC(=O)[C@H](CCC(=O)O)NC(=O)[C@H]([C@@H](C)O)NC(=O)[C@@H]2CCCN2C(=O)[C@@H]2CCCN2C1=O. The summed E-state index contributed by atoms with van der Waals surface area (Å²) in [4.78, 5) is 152. The molecule has 0 spiro atoms. The minimum absolute atomic E-state index is 0.0131. The van der Waals surface area contributed by atoms with Gasteiger partial charge in [0.05, 0.1) is 30.4 Å². The maximum Gasteiger partial charge on any atom is 0.305 e. The van der Waals surface area contributed by atoms with Crippen molar-refractivity contribution in [3.8, 4) is 0 Å². The molecule has 420 valence electrons. The highest BCUT2D eigenvalue weighted by Crippen LogP contribution is 2.30. The predicted octanol–water partition coefficient (Wildman–Crippen LogP) is 2.27. The number of Topliss-reactive ketones (excluding diaryl/α,β-unsaturated/α-hetero) is 2. The summed E-state index contributed by atoms with van der Waals surface area (Å²) in [7, 11) is 0. The van der Waals surface area contributed by atoms with E-state index in [1.807, 2.05) is 31.2 Å². The average molecular weight is 1110 g/mol. The first-order chi connectivity index (χ1) is 36.8. The number of carboxylic acids is 2. The van der Waals surface area contributed by atoms with Gasteiger partial charge in [-0.05, 0) is 68.6 Å². The van der Waals surface area contributed by atoms with Gasteiger partial charge in [-0.15, -0.1) is 0 Å². The fraction of sp³-hybridized carbons (Fsp3) is 0.574. The topological polar surface area (TPSA) is 329 Å². The van der Waals surface area contributed by atoms with Crippen molar-refractivity contribution in [1.29, 1.82) is 0 Å². The van der Waals surface area contributed by atoms with Gasteiger partial charge in [0.1, 0.15) is 36.0 Å². The maximum absolute atomic E-state index is 14.6. The second-order valence-electron chi connectivity index (χ2n) is 20.0. The zero-order valence-corrected chi connectivity index (χ0v) is 45.3. The average Bonchev–Trinajstić information content (AvgIpc) is 4.10. The van der Waals surface area contributed by atoms with Crippen LogP contribution in [0.25, 0.3) is 0 Å². The molecule has 5 rings (SSSR count). The van der Waals surface area contributed by atoms with Gasteiger partial charge in [-0.1, -0.05) is 74.4 Å². The van der Waals surface area contributed by atoms with Crippen LogP contribution in [0.4, 0.5) is 0 Å². The minimum Gasteiger partial charge on any atom is -0.481 e. The highest BCUT2D eigenvalue weighted by molar-refractivity contribution is 7.98. The fourth-order valence-corrected chi connectivity index (χ4v) is 11.9. The van der Waals surface area contributed by atoms with Gasteiger partial charge in [-0.25, -0.2) is 0 Å². The highest BCUT2D eigenvalue weighted by atomic mass is 32.2. The molecule has 9 atom stereocenters. The van der Waals surface area contributed by atoms with Crippen molar-refractivity contribution < 1.29 is 68.1 Å². The molecule has 0 radical (unpaired) electrons. The molecule has 0 aromatic heterocycles. The summed E-state index contributed by atoms with van der Waals surface area (Å²) in [6, 6.07) is 7.64. The number of aliphatic hydroxyl groups is 1. The molecule has 2 bridgehead atoms. The number of rotatable bonds is 17. The number of aliphatic carboxylic acids is 2. The Hall–Kier alpha value is -6.33. The molecule has 0 unspecified atom stereocenters. The molecule has 2 fully saturated rings. The number of amides is 7. The molecule has 2 aromatic rings. The first kappa shape index (κ1) is 61.5. The molecule has 0 aliphatic carbocycles. The van der Waals surface area contributed by atoms with Crippen LogP contribution in [0.15, 0.2) is 54.6 Å². The van der Waals surface area contributed by atoms with Gasteiger partial charge in [-0.2, -0.15) is 23.5 Å². The molecule has 3 aliphatic heterocycles. The first-order valence-electron chi connectivity index (χ1n) is 26.3. The van der Waals surface area contributed by atoms with Gasteiger partial charge in [0.15, 0.2) is 5.78 Å². The van der Waals surface area contributed by atoms with Gasteiger partial charge >= 0.3 is 11.9 Å². The van der Waals surface area contributed by atoms with Crippen molar-refractivity contribution >= 4 is 88.4 Å². The Morgan fingerprint density at radius 1 is 0.753 bits per heavy atom. The summed E-state index contributed by atoms with van der Waals surface area (Å²) in [5.74, 6) is -10.1. The molecule has 0 saturated carbocycles. The number of aliphatic hydroxyl groups excluding tert-OH is 1. The number of primary amides is 1. The number of ketones is 2. The third kappa shape index (κ3) is 19.0. The summed E-state index contributed by atoms with van der Waals surface area (Å²) in [5.41, 5.74) is 7.77. The van der Waals surface area contributed by atoms with Crippen LogP contribution in [0.2, 0.25) is 0 Å². The van der Waals surface area contributed by atoms with Crippen molar-refractivity contribution in [2.24, 2.45) is 17.6 Å². The van der Waals surface area contributed by atoms with Crippen molar-refractivity contribution in [2.75, 3.05) is 24.6 Å². The molecule has 2 aromatic carbocycles. The number of carboxylic acid groups (broad SMARTS) is 2. The van der Waals surface area contributed by atoms with E-state index in [4.69, 9.17) is 5.73 Å². The number of nitrogens with zero attached hydrogens (tertiary/aromatic N) is 2. The number of hydrogen-bond acceptors (Lipinski definition) is 14. The standard InChI is InChI=1S/C54H73N7O14S2/c1-3-4-6-16-38(63)25-37-31-77-29-35-15-9-14-34(23-35)28-76-30-36(49(70)58-41(48(55)69)27-46(67)68)26-44(64)40(24-33-12-7-5-8-13-33)57-50(71)39(19-20-45(65)66)56-52(73)47(32(2)62)59-51(72)42-17-10-21-60(42)54(75)43-18-11-22-61(43)53(37)74/h5,7-9,12-15,23,32,36-37,39-43,47,62H,3-4,6,10-11,16-22,24-31H2,1-2H3,(H2,55,69)(H,56,73)(H,57,71)(H,58,70)(H,59,72)(H,65,66)(H,67,68)/t32-,36+,37+,39+,40+,41+,42+,43+,47+/m1/s1. The van der Waals surface area contributed by atoms with Crippen molar-refractivity contribution in [3.05, 3.63) is 71.3 Å². The zero-order valence-electron chi connectivity index (χ0n) is 43.7. The van der Waals surface area contributed by atoms with Gasteiger partial charge < -0.3 is 52.1 Å². The fourth-order valence-electron chi connectivity index (χ4n) is 9.75. The van der Waals surface area contributed by atoms with E-state index in [0.29, 0.717) is 49.2 Å². The van der Waals surface area contributed by atoms with Crippen LogP contribution in [0.1, 0.15) is 114 Å². The van der Waals surface area contributed by atoms with Gasteiger partial charge in [0.25, 0.3) is 0 Å². The molecule has 23 heteroatoms. The number of unbranched alkanes of at least 4 members (excludes halogenated alkanes) is 2. The number of carbonyl (C=O) groups excluding carboxylic acids is 9. The van der Waals surface area contributed by atoms with Crippen molar-refractivity contribution in [2.45, 2.75) is 158 Å². The normalized spacial score (nSPS) is 24.4. The van der Waals surface area contributed by atoms with Gasteiger partial charge in [-0.3, -0.25) is 52.7 Å². The molecular formula is C54H73N7O14S2. The number of nitrogens with two attached hydrogens (primary N) is 1. The van der Waals surface area contributed by atoms with Crippen LogP contribution in [0, 0.1) is 11.8 Å². The van der Waals surface area contributed by atoms with Crippen LogP contribution in [0.5, 0.6) is 0 Å². The molecule has 77 heavy (non-hydrogen) atoms. The number of nitrogens with one attached hydrogen (secondary N) is 4. The quantitative estimate of drug-likeness (QED) is 0.105. The molecule has 21 nitrogen and oxygen atoms in total. The number of benzene rings is 2. The lowest BCUT2D eigenvalue weighted by Crippen LogP contribution is -2.61. The lowest BCUT2D eigenvalue weighted by molar-refractivity contribution is -0.148. The number of hydrogen-bond donors (Lipinski definition) is 8. The Morgan fingerprint density at radius 3 is 2.01 bits per heavy atom. The molecule has 3 aliphatic rings. The van der Waals surface area contributed by atoms with E-state index >= 15 is 0 Å². The first-order valence-corrected chi connectivity index (χ1v) is 28.6. The van der Waals surface area contributed by atoms with E-state index < -0.39 is 133 Å². The Morgan fingerprint density at radius 2 is 1.39 bits per heavy atom. The summed E-state index contributed by atoms with van der Waals surface area (Å²) >= 11 is 2.73. The van der Waals surface area contributed by atoms with E-state index in [1.165, 1.54) is 40.2 Å². The highest BCUT2D eigenvalue weighted by Gasteiger charge is 2.45. The number of carbonyl (C=O) groups is 11. The molecule has 9 N–H and O–H groups in total. The lowest BCUT2D eigenvalue weighted by Gasteiger charge is -2.33. The van der Waals surface area contributed by atoms with E-state index in [2.05, 4.69) is 21.3 Å². The summed E-state index contributed by atoms with van der Waals surface area (Å²) < 4.78 is 0. The third-order valence-electron chi connectivity index (χ3n) is 13.9. The lowest BCUT2D eigenvalue weighted by atomic mass is 9.94. The van der Waals surface area contributed by atoms with E-state index in [-0.39, 0.29) is 55.5 Å². The van der Waals surface area contributed by atoms with Crippen LogP contribution in [-0.4, -0.2) is 157 Å². The Balaban J connectivity index is 1.53. The Kier molecular flexibility index (Phi) is 24.4. The molecule has 7 amide bonds.